The third-order valence-electron chi connectivity index (χ3n) is 5.12. The fourth-order valence-electron chi connectivity index (χ4n) is 3.71. The summed E-state index contributed by atoms with van der Waals surface area (Å²) in [4.78, 5) is 35.1. The van der Waals surface area contributed by atoms with E-state index in [1.807, 2.05) is 10.3 Å². The van der Waals surface area contributed by atoms with Crippen molar-refractivity contribution in [2.75, 3.05) is 42.5 Å². The van der Waals surface area contributed by atoms with E-state index in [2.05, 4.69) is 9.88 Å². The zero-order chi connectivity index (χ0) is 18.8. The van der Waals surface area contributed by atoms with E-state index in [1.165, 1.54) is 23.5 Å². The highest BCUT2D eigenvalue weighted by atomic mass is 32.1. The molecule has 6 nitrogen and oxygen atoms in total. The summed E-state index contributed by atoms with van der Waals surface area (Å²) < 4.78 is 13.1. The van der Waals surface area contributed by atoms with Gasteiger partial charge in [0, 0.05) is 56.4 Å². The zero-order valence-electron chi connectivity index (χ0n) is 14.9. The number of halogens is 1. The van der Waals surface area contributed by atoms with Crippen molar-refractivity contribution >= 4 is 34.0 Å². The Morgan fingerprint density at radius 2 is 1.96 bits per heavy atom. The molecule has 1 aromatic carbocycles. The predicted octanol–water partition coefficient (Wildman–Crippen LogP) is 2.37. The first-order valence-electron chi connectivity index (χ1n) is 9.11. The second-order valence-corrected chi connectivity index (χ2v) is 7.74. The van der Waals surface area contributed by atoms with E-state index in [0.717, 1.165) is 18.7 Å². The predicted molar refractivity (Wildman–Crippen MR) is 102 cm³/mol. The maximum atomic E-state index is 13.1. The lowest BCUT2D eigenvalue weighted by Crippen LogP contribution is -2.40. The highest BCUT2D eigenvalue weighted by molar-refractivity contribution is 7.13. The highest BCUT2D eigenvalue weighted by Gasteiger charge is 2.38. The van der Waals surface area contributed by atoms with Gasteiger partial charge in [-0.2, -0.15) is 0 Å². The number of amides is 2. The number of anilines is 2. The topological polar surface area (TPSA) is 56.8 Å². The van der Waals surface area contributed by atoms with Crippen molar-refractivity contribution in [2.45, 2.75) is 12.8 Å². The molecule has 2 aliphatic heterocycles. The molecule has 0 N–H and O–H groups in total. The van der Waals surface area contributed by atoms with Crippen LogP contribution in [0.3, 0.4) is 0 Å². The van der Waals surface area contributed by atoms with Gasteiger partial charge in [0.25, 0.3) is 0 Å². The molecule has 4 rings (SSSR count). The van der Waals surface area contributed by atoms with E-state index in [0.29, 0.717) is 31.3 Å². The summed E-state index contributed by atoms with van der Waals surface area (Å²) in [6.07, 6.45) is 2.76. The summed E-state index contributed by atoms with van der Waals surface area (Å²) in [5.74, 6) is -0.547. The quantitative estimate of drug-likeness (QED) is 0.810. The fourth-order valence-corrected chi connectivity index (χ4v) is 4.38. The second kappa shape index (κ2) is 7.64. The first-order chi connectivity index (χ1) is 13.1. The minimum absolute atomic E-state index is 0.0361. The summed E-state index contributed by atoms with van der Waals surface area (Å²) in [7, 11) is 0. The Bertz CT molecular complexity index is 812. The smallest absolute Gasteiger partial charge is 0.229 e. The lowest BCUT2D eigenvalue weighted by Gasteiger charge is -2.25. The Morgan fingerprint density at radius 3 is 2.70 bits per heavy atom. The van der Waals surface area contributed by atoms with Crippen LogP contribution in [0.15, 0.2) is 35.8 Å². The normalized spacial score (nSPS) is 20.9. The summed E-state index contributed by atoms with van der Waals surface area (Å²) in [5, 5.41) is 2.49. The van der Waals surface area contributed by atoms with Gasteiger partial charge in [0.05, 0.1) is 5.92 Å². The van der Waals surface area contributed by atoms with Crippen LogP contribution < -0.4 is 9.80 Å². The van der Waals surface area contributed by atoms with E-state index in [9.17, 15) is 14.0 Å². The molecule has 27 heavy (non-hydrogen) atoms. The van der Waals surface area contributed by atoms with Gasteiger partial charge >= 0.3 is 0 Å². The van der Waals surface area contributed by atoms with Crippen LogP contribution in [0, 0.1) is 11.7 Å². The molecule has 142 valence electrons. The summed E-state index contributed by atoms with van der Waals surface area (Å²) in [6.45, 7) is 3.22. The van der Waals surface area contributed by atoms with Gasteiger partial charge in [0.15, 0.2) is 5.13 Å². The van der Waals surface area contributed by atoms with Crippen molar-refractivity contribution in [3.63, 3.8) is 0 Å². The number of rotatable bonds is 3. The van der Waals surface area contributed by atoms with Crippen molar-refractivity contribution in [1.29, 1.82) is 0 Å². The van der Waals surface area contributed by atoms with Crippen LogP contribution in [-0.2, 0) is 9.59 Å². The van der Waals surface area contributed by atoms with Crippen molar-refractivity contribution in [3.8, 4) is 0 Å². The van der Waals surface area contributed by atoms with Crippen LogP contribution >= 0.6 is 11.3 Å². The van der Waals surface area contributed by atoms with E-state index >= 15 is 0 Å². The molecule has 0 bridgehead atoms. The van der Waals surface area contributed by atoms with E-state index in [-0.39, 0.29) is 30.0 Å². The molecule has 8 heteroatoms. The first kappa shape index (κ1) is 17.9. The Balaban J connectivity index is 1.38. The molecular weight excluding hydrogens is 367 g/mol. The number of carbonyl (C=O) groups excluding carboxylic acids is 2. The average Bonchev–Trinajstić information content (AvgIpc) is 3.25. The lowest BCUT2D eigenvalue weighted by molar-refractivity contribution is -0.135. The third kappa shape index (κ3) is 3.80. The number of aromatic nitrogens is 1. The zero-order valence-corrected chi connectivity index (χ0v) is 15.7. The van der Waals surface area contributed by atoms with Crippen LogP contribution in [0.2, 0.25) is 0 Å². The molecule has 0 saturated carbocycles. The maximum absolute atomic E-state index is 13.1. The molecule has 2 aliphatic rings. The molecule has 0 aliphatic carbocycles. The van der Waals surface area contributed by atoms with E-state index in [1.54, 1.807) is 23.2 Å². The Labute approximate surface area is 161 Å². The molecule has 2 saturated heterocycles. The van der Waals surface area contributed by atoms with Crippen molar-refractivity contribution in [2.24, 2.45) is 5.92 Å². The molecule has 1 atom stereocenters. The van der Waals surface area contributed by atoms with Crippen LogP contribution in [0.1, 0.15) is 12.8 Å². The Hall–Kier alpha value is -2.48. The van der Waals surface area contributed by atoms with Crippen LogP contribution in [0.25, 0.3) is 0 Å². The SMILES string of the molecule is O=C(C1CC(=O)N(c2nccs2)C1)N1CCCN(c2ccc(F)cc2)CC1. The van der Waals surface area contributed by atoms with E-state index in [4.69, 9.17) is 0 Å². The number of thiazole rings is 1. The standard InChI is InChI=1S/C19H21FN4O2S/c20-15-2-4-16(5-3-15)22-7-1-8-23(10-9-22)18(26)14-12-17(25)24(13-14)19-21-6-11-27-19/h2-6,11,14H,1,7-10,12-13H2. The average molecular weight is 388 g/mol. The second-order valence-electron chi connectivity index (χ2n) is 6.86. The van der Waals surface area contributed by atoms with Gasteiger partial charge in [-0.15, -0.1) is 11.3 Å². The summed E-state index contributed by atoms with van der Waals surface area (Å²) in [6, 6.07) is 6.46. The van der Waals surface area contributed by atoms with Crippen LogP contribution in [-0.4, -0.2) is 54.4 Å². The monoisotopic (exact) mass is 388 g/mol. The molecule has 2 fully saturated rings. The summed E-state index contributed by atoms with van der Waals surface area (Å²) in [5.41, 5.74) is 0.969. The number of carbonyl (C=O) groups is 2. The fraction of sp³-hybridized carbons (Fsp3) is 0.421. The van der Waals surface area contributed by atoms with Gasteiger partial charge in [-0.05, 0) is 30.7 Å². The molecule has 0 spiro atoms. The van der Waals surface area contributed by atoms with Crippen LogP contribution in [0.4, 0.5) is 15.2 Å². The molecule has 1 aromatic heterocycles. The Morgan fingerprint density at radius 1 is 1.15 bits per heavy atom. The van der Waals surface area contributed by atoms with Gasteiger partial charge in [-0.1, -0.05) is 0 Å². The van der Waals surface area contributed by atoms with Crippen molar-refractivity contribution < 1.29 is 14.0 Å². The van der Waals surface area contributed by atoms with Gasteiger partial charge in [-0.25, -0.2) is 9.37 Å². The van der Waals surface area contributed by atoms with Gasteiger partial charge in [-0.3, -0.25) is 14.5 Å². The first-order valence-corrected chi connectivity index (χ1v) is 9.99. The van der Waals surface area contributed by atoms with Crippen molar-refractivity contribution in [3.05, 3.63) is 41.7 Å². The molecule has 2 amide bonds. The molecule has 2 aromatic rings. The van der Waals surface area contributed by atoms with Crippen LogP contribution in [0.5, 0.6) is 0 Å². The molecule has 0 radical (unpaired) electrons. The van der Waals surface area contributed by atoms with Gasteiger partial charge < -0.3 is 9.80 Å². The molecule has 3 heterocycles. The van der Waals surface area contributed by atoms with Gasteiger partial charge in [0.1, 0.15) is 5.82 Å². The van der Waals surface area contributed by atoms with Crippen molar-refractivity contribution in [1.82, 2.24) is 9.88 Å². The van der Waals surface area contributed by atoms with Gasteiger partial charge in [0.2, 0.25) is 11.8 Å². The highest BCUT2D eigenvalue weighted by Crippen LogP contribution is 2.28. The molecular formula is C19H21FN4O2S. The summed E-state index contributed by atoms with van der Waals surface area (Å²) >= 11 is 1.41. The number of benzene rings is 1. The minimum Gasteiger partial charge on any atom is -0.370 e. The molecule has 1 unspecified atom stereocenters. The number of hydrogen-bond acceptors (Lipinski definition) is 5. The Kier molecular flexibility index (Phi) is 5.07. The minimum atomic E-state index is -0.307. The lowest BCUT2D eigenvalue weighted by atomic mass is 10.1. The van der Waals surface area contributed by atoms with E-state index < -0.39 is 0 Å². The number of hydrogen-bond donors (Lipinski definition) is 0. The third-order valence-corrected chi connectivity index (χ3v) is 5.92. The number of nitrogens with zero attached hydrogens (tertiary/aromatic N) is 4. The maximum Gasteiger partial charge on any atom is 0.229 e. The largest absolute Gasteiger partial charge is 0.370 e.